The fourth-order valence-corrected chi connectivity index (χ4v) is 2.87. The first-order valence-electron chi connectivity index (χ1n) is 7.78. The molecule has 1 saturated heterocycles. The van der Waals surface area contributed by atoms with Crippen LogP contribution in [-0.2, 0) is 11.3 Å². The lowest BCUT2D eigenvalue weighted by atomic mass is 10.0. The molecular formula is C16H19FN4O2. The number of H-pyrrole nitrogens is 1. The van der Waals surface area contributed by atoms with Crippen LogP contribution in [0.15, 0.2) is 18.2 Å². The van der Waals surface area contributed by atoms with Crippen LogP contribution >= 0.6 is 0 Å². The zero-order valence-electron chi connectivity index (χ0n) is 13.0. The van der Waals surface area contributed by atoms with Crippen molar-refractivity contribution in [2.75, 3.05) is 19.7 Å². The Balaban J connectivity index is 1.96. The predicted molar refractivity (Wildman–Crippen MR) is 82.2 cm³/mol. The van der Waals surface area contributed by atoms with Crippen LogP contribution in [0.4, 0.5) is 4.39 Å². The molecule has 1 aromatic heterocycles. The standard InChI is InChI=1S/C16H19FN4O2/c1-2-23-16(22)15-14(18-20-19-15)13-6-5-12(17)9-11(13)10-21-7-3-4-8-21/h5-6,9H,2-4,7-8,10H2,1H3,(H,18,19,20). The van der Waals surface area contributed by atoms with Crippen molar-refractivity contribution >= 4 is 5.97 Å². The molecule has 0 atom stereocenters. The minimum atomic E-state index is -0.535. The van der Waals surface area contributed by atoms with Crippen LogP contribution in [0.2, 0.25) is 0 Å². The van der Waals surface area contributed by atoms with Gasteiger partial charge in [0.2, 0.25) is 0 Å². The predicted octanol–water partition coefficient (Wildman–Crippen LogP) is 2.38. The van der Waals surface area contributed by atoms with Gasteiger partial charge in [-0.1, -0.05) is 0 Å². The molecule has 1 aliphatic rings. The summed E-state index contributed by atoms with van der Waals surface area (Å²) in [5.74, 6) is -0.836. The van der Waals surface area contributed by atoms with E-state index in [1.807, 2.05) is 0 Å². The van der Waals surface area contributed by atoms with Gasteiger partial charge in [-0.15, -0.1) is 5.10 Å². The van der Waals surface area contributed by atoms with Crippen LogP contribution in [0.5, 0.6) is 0 Å². The Labute approximate surface area is 133 Å². The van der Waals surface area contributed by atoms with Gasteiger partial charge >= 0.3 is 5.97 Å². The number of rotatable bonds is 5. The van der Waals surface area contributed by atoms with E-state index in [0.29, 0.717) is 17.8 Å². The van der Waals surface area contributed by atoms with Crippen LogP contribution in [0, 0.1) is 5.82 Å². The summed E-state index contributed by atoms with van der Waals surface area (Å²) in [6.45, 7) is 4.62. The molecule has 2 heterocycles. The van der Waals surface area contributed by atoms with Gasteiger partial charge in [0.25, 0.3) is 0 Å². The molecule has 1 fully saturated rings. The number of halogens is 1. The second-order valence-corrected chi connectivity index (χ2v) is 5.53. The smallest absolute Gasteiger partial charge is 0.361 e. The summed E-state index contributed by atoms with van der Waals surface area (Å²) in [5.41, 5.74) is 2.03. The Bertz CT molecular complexity index is 695. The molecule has 0 radical (unpaired) electrons. The second-order valence-electron chi connectivity index (χ2n) is 5.53. The van der Waals surface area contributed by atoms with E-state index in [1.165, 1.54) is 12.1 Å². The SMILES string of the molecule is CCOC(=O)c1n[nH]nc1-c1ccc(F)cc1CN1CCCC1. The molecule has 3 rings (SSSR count). The van der Waals surface area contributed by atoms with Gasteiger partial charge in [-0.25, -0.2) is 9.18 Å². The molecule has 0 unspecified atom stereocenters. The summed E-state index contributed by atoms with van der Waals surface area (Å²) < 4.78 is 18.7. The van der Waals surface area contributed by atoms with Gasteiger partial charge in [0.05, 0.1) is 6.61 Å². The molecule has 0 spiro atoms. The second kappa shape index (κ2) is 6.87. The summed E-state index contributed by atoms with van der Waals surface area (Å²) in [7, 11) is 0. The molecular weight excluding hydrogens is 299 g/mol. The number of likely N-dealkylation sites (tertiary alicyclic amines) is 1. The molecule has 0 amide bonds. The Morgan fingerprint density at radius 3 is 2.87 bits per heavy atom. The van der Waals surface area contributed by atoms with Gasteiger partial charge in [0.15, 0.2) is 5.69 Å². The number of hydrogen-bond donors (Lipinski definition) is 1. The van der Waals surface area contributed by atoms with Crippen molar-refractivity contribution in [1.82, 2.24) is 20.3 Å². The van der Waals surface area contributed by atoms with E-state index in [9.17, 15) is 9.18 Å². The van der Waals surface area contributed by atoms with Crippen LogP contribution in [-0.4, -0.2) is 46.0 Å². The number of nitrogens with one attached hydrogen (secondary N) is 1. The van der Waals surface area contributed by atoms with Gasteiger partial charge in [-0.05, 0) is 56.6 Å². The number of esters is 1. The van der Waals surface area contributed by atoms with Crippen molar-refractivity contribution in [2.24, 2.45) is 0 Å². The van der Waals surface area contributed by atoms with Crippen molar-refractivity contribution in [3.05, 3.63) is 35.3 Å². The van der Waals surface area contributed by atoms with Crippen molar-refractivity contribution in [3.8, 4) is 11.3 Å². The Hall–Kier alpha value is -2.28. The molecule has 1 aliphatic heterocycles. The zero-order valence-corrected chi connectivity index (χ0v) is 13.0. The molecule has 7 heteroatoms. The molecule has 2 aromatic rings. The largest absolute Gasteiger partial charge is 0.461 e. The lowest BCUT2D eigenvalue weighted by Crippen LogP contribution is -2.19. The van der Waals surface area contributed by atoms with E-state index < -0.39 is 5.97 Å². The van der Waals surface area contributed by atoms with Crippen LogP contribution in [0.25, 0.3) is 11.3 Å². The normalized spacial score (nSPS) is 15.0. The number of nitrogens with zero attached hydrogens (tertiary/aromatic N) is 3. The van der Waals surface area contributed by atoms with Gasteiger partial charge in [0, 0.05) is 12.1 Å². The van der Waals surface area contributed by atoms with E-state index in [0.717, 1.165) is 31.5 Å². The van der Waals surface area contributed by atoms with Crippen LogP contribution in [0.1, 0.15) is 35.8 Å². The van der Waals surface area contributed by atoms with Gasteiger partial charge < -0.3 is 4.74 Å². The molecule has 122 valence electrons. The van der Waals surface area contributed by atoms with Crippen molar-refractivity contribution in [3.63, 3.8) is 0 Å². The third kappa shape index (κ3) is 3.39. The summed E-state index contributed by atoms with van der Waals surface area (Å²) in [6.07, 6.45) is 2.31. The highest BCUT2D eigenvalue weighted by atomic mass is 19.1. The summed E-state index contributed by atoms with van der Waals surface area (Å²) in [6, 6.07) is 4.50. The number of aromatic amines is 1. The number of carbonyl (C=O) groups is 1. The lowest BCUT2D eigenvalue weighted by molar-refractivity contribution is 0.0520. The molecule has 23 heavy (non-hydrogen) atoms. The molecule has 0 aliphatic carbocycles. The summed E-state index contributed by atoms with van der Waals surface area (Å²) in [5, 5.41) is 10.4. The molecule has 0 saturated carbocycles. The number of ether oxygens (including phenoxy) is 1. The van der Waals surface area contributed by atoms with Crippen molar-refractivity contribution in [2.45, 2.75) is 26.3 Å². The van der Waals surface area contributed by atoms with Gasteiger partial charge in [-0.2, -0.15) is 10.3 Å². The van der Waals surface area contributed by atoms with Crippen LogP contribution in [0.3, 0.4) is 0 Å². The Morgan fingerprint density at radius 2 is 2.13 bits per heavy atom. The highest BCUT2D eigenvalue weighted by Gasteiger charge is 2.22. The topological polar surface area (TPSA) is 71.1 Å². The van der Waals surface area contributed by atoms with Crippen molar-refractivity contribution < 1.29 is 13.9 Å². The molecule has 6 nitrogen and oxygen atoms in total. The molecule has 1 aromatic carbocycles. The van der Waals surface area contributed by atoms with E-state index in [-0.39, 0.29) is 18.1 Å². The number of carbonyl (C=O) groups excluding carboxylic acids is 1. The van der Waals surface area contributed by atoms with Crippen molar-refractivity contribution in [1.29, 1.82) is 0 Å². The highest BCUT2D eigenvalue weighted by molar-refractivity contribution is 5.94. The average Bonchev–Trinajstić information content (AvgIpc) is 3.19. The maximum atomic E-state index is 13.7. The third-order valence-electron chi connectivity index (χ3n) is 3.93. The highest BCUT2D eigenvalue weighted by Crippen LogP contribution is 2.27. The summed E-state index contributed by atoms with van der Waals surface area (Å²) in [4.78, 5) is 14.3. The average molecular weight is 318 g/mol. The first kappa shape index (κ1) is 15.6. The maximum absolute atomic E-state index is 13.7. The minimum absolute atomic E-state index is 0.126. The Morgan fingerprint density at radius 1 is 1.35 bits per heavy atom. The summed E-state index contributed by atoms with van der Waals surface area (Å²) >= 11 is 0. The van der Waals surface area contributed by atoms with Crippen LogP contribution < -0.4 is 0 Å². The zero-order chi connectivity index (χ0) is 16.2. The lowest BCUT2D eigenvalue weighted by Gasteiger charge is -2.17. The third-order valence-corrected chi connectivity index (χ3v) is 3.93. The minimum Gasteiger partial charge on any atom is -0.461 e. The fraction of sp³-hybridized carbons (Fsp3) is 0.438. The van der Waals surface area contributed by atoms with E-state index >= 15 is 0 Å². The first-order valence-corrected chi connectivity index (χ1v) is 7.78. The Kier molecular flexibility index (Phi) is 4.66. The van der Waals surface area contributed by atoms with E-state index in [1.54, 1.807) is 13.0 Å². The van der Waals surface area contributed by atoms with Gasteiger partial charge in [-0.3, -0.25) is 4.90 Å². The quantitative estimate of drug-likeness (QED) is 0.857. The number of benzene rings is 1. The number of aromatic nitrogens is 3. The fourth-order valence-electron chi connectivity index (χ4n) is 2.87. The van der Waals surface area contributed by atoms with E-state index in [4.69, 9.17) is 4.74 Å². The monoisotopic (exact) mass is 318 g/mol. The van der Waals surface area contributed by atoms with E-state index in [2.05, 4.69) is 20.3 Å². The molecule has 0 bridgehead atoms. The van der Waals surface area contributed by atoms with Gasteiger partial charge in [0.1, 0.15) is 11.5 Å². The maximum Gasteiger partial charge on any atom is 0.361 e. The number of hydrogen-bond acceptors (Lipinski definition) is 5. The molecule has 1 N–H and O–H groups in total. The first-order chi connectivity index (χ1) is 11.2.